The van der Waals surface area contributed by atoms with Crippen LogP contribution in [0.2, 0.25) is 0 Å². The van der Waals surface area contributed by atoms with E-state index in [9.17, 15) is 4.79 Å². The van der Waals surface area contributed by atoms with Gasteiger partial charge in [0.25, 0.3) is 0 Å². The number of hydrogen-bond acceptors (Lipinski definition) is 2. The van der Waals surface area contributed by atoms with Crippen LogP contribution in [0.5, 0.6) is 0 Å². The van der Waals surface area contributed by atoms with Crippen molar-refractivity contribution in [2.75, 3.05) is 13.2 Å². The molecule has 78 valence electrons. The molecule has 1 aliphatic rings. The molecule has 0 spiro atoms. The molecule has 1 N–H and O–H groups in total. The fourth-order valence-electron chi connectivity index (χ4n) is 1.39. The van der Waals surface area contributed by atoms with Gasteiger partial charge in [-0.3, -0.25) is 4.79 Å². The summed E-state index contributed by atoms with van der Waals surface area (Å²) < 4.78 is 5.38. The highest BCUT2D eigenvalue weighted by Crippen LogP contribution is 2.16. The lowest BCUT2D eigenvalue weighted by Crippen LogP contribution is -2.26. The van der Waals surface area contributed by atoms with E-state index in [0.29, 0.717) is 19.1 Å². The lowest BCUT2D eigenvalue weighted by Gasteiger charge is -2.16. The number of amides is 1. The van der Waals surface area contributed by atoms with E-state index in [4.69, 9.17) is 4.74 Å². The molecule has 0 aromatic rings. The van der Waals surface area contributed by atoms with Crippen LogP contribution in [-0.4, -0.2) is 19.1 Å². The number of rotatable bonds is 4. The third kappa shape index (κ3) is 3.64. The van der Waals surface area contributed by atoms with Crippen LogP contribution >= 0.6 is 0 Å². The van der Waals surface area contributed by atoms with Gasteiger partial charge in [0, 0.05) is 19.4 Å². The van der Waals surface area contributed by atoms with Gasteiger partial charge in [0.1, 0.15) is 5.76 Å². The summed E-state index contributed by atoms with van der Waals surface area (Å²) in [6.07, 6.45) is 7.10. The van der Waals surface area contributed by atoms with Gasteiger partial charge in [-0.15, -0.1) is 0 Å². The monoisotopic (exact) mass is 195 g/mol. The molecule has 0 bridgehead atoms. The van der Waals surface area contributed by atoms with Gasteiger partial charge in [0.2, 0.25) is 5.91 Å². The van der Waals surface area contributed by atoms with Crippen LogP contribution in [0.1, 0.15) is 20.3 Å². The minimum absolute atomic E-state index is 0.0194. The summed E-state index contributed by atoms with van der Waals surface area (Å²) in [7, 11) is 0. The predicted molar refractivity (Wildman–Crippen MR) is 55.6 cm³/mol. The molecule has 14 heavy (non-hydrogen) atoms. The molecule has 0 heterocycles. The largest absolute Gasteiger partial charge is 0.494 e. The fourth-order valence-corrected chi connectivity index (χ4v) is 1.39. The second kappa shape index (κ2) is 5.47. The average molecular weight is 195 g/mol. The summed E-state index contributed by atoms with van der Waals surface area (Å²) in [6.45, 7) is 4.87. The van der Waals surface area contributed by atoms with Crippen LogP contribution in [0.3, 0.4) is 0 Å². The van der Waals surface area contributed by atoms with E-state index in [2.05, 4.69) is 17.5 Å². The SMILES string of the molecule is CCOC1=CC(CNC(C)=O)CC=C1. The molecule has 1 rings (SSSR count). The molecular formula is C11H17NO2. The molecule has 1 aliphatic carbocycles. The summed E-state index contributed by atoms with van der Waals surface area (Å²) in [5.41, 5.74) is 0. The Morgan fingerprint density at radius 1 is 1.71 bits per heavy atom. The third-order valence-corrected chi connectivity index (χ3v) is 2.05. The second-order valence-corrected chi connectivity index (χ2v) is 3.34. The molecule has 0 aromatic heterocycles. The molecule has 1 atom stereocenters. The average Bonchev–Trinajstić information content (AvgIpc) is 2.16. The third-order valence-electron chi connectivity index (χ3n) is 2.05. The Hall–Kier alpha value is -1.25. The van der Waals surface area contributed by atoms with E-state index in [1.54, 1.807) is 0 Å². The van der Waals surface area contributed by atoms with Crippen LogP contribution in [0.15, 0.2) is 24.0 Å². The molecule has 1 unspecified atom stereocenters. The number of carbonyl (C=O) groups is 1. The molecule has 0 fully saturated rings. The van der Waals surface area contributed by atoms with E-state index >= 15 is 0 Å². The number of ether oxygens (including phenoxy) is 1. The van der Waals surface area contributed by atoms with Crippen molar-refractivity contribution in [3.05, 3.63) is 24.0 Å². The van der Waals surface area contributed by atoms with Gasteiger partial charge in [-0.2, -0.15) is 0 Å². The van der Waals surface area contributed by atoms with E-state index < -0.39 is 0 Å². The van der Waals surface area contributed by atoms with Crippen LogP contribution < -0.4 is 5.32 Å². The van der Waals surface area contributed by atoms with Gasteiger partial charge in [0.05, 0.1) is 6.61 Å². The summed E-state index contributed by atoms with van der Waals surface area (Å²) in [5.74, 6) is 1.30. The Labute approximate surface area is 84.8 Å². The number of nitrogens with one attached hydrogen (secondary N) is 1. The Kier molecular flexibility index (Phi) is 4.23. The second-order valence-electron chi connectivity index (χ2n) is 3.34. The Morgan fingerprint density at radius 3 is 3.14 bits per heavy atom. The molecule has 0 aromatic carbocycles. The minimum atomic E-state index is 0.0194. The number of allylic oxidation sites excluding steroid dienone is 2. The van der Waals surface area contributed by atoms with E-state index in [0.717, 1.165) is 12.2 Å². The molecule has 1 amide bonds. The molecule has 0 saturated carbocycles. The molecule has 0 saturated heterocycles. The van der Waals surface area contributed by atoms with E-state index in [1.807, 2.05) is 13.0 Å². The molecule has 3 nitrogen and oxygen atoms in total. The quantitative estimate of drug-likeness (QED) is 0.740. The first kappa shape index (κ1) is 10.8. The van der Waals surface area contributed by atoms with Crippen molar-refractivity contribution in [1.29, 1.82) is 0 Å². The van der Waals surface area contributed by atoms with Crippen LogP contribution in [-0.2, 0) is 9.53 Å². The van der Waals surface area contributed by atoms with Gasteiger partial charge in [0.15, 0.2) is 0 Å². The zero-order chi connectivity index (χ0) is 10.4. The Bertz CT molecular complexity index is 256. The highest BCUT2D eigenvalue weighted by Gasteiger charge is 2.09. The van der Waals surface area contributed by atoms with Gasteiger partial charge < -0.3 is 10.1 Å². The summed E-state index contributed by atoms with van der Waals surface area (Å²) in [6, 6.07) is 0. The predicted octanol–water partition coefficient (Wildman–Crippen LogP) is 1.62. The highest BCUT2D eigenvalue weighted by atomic mass is 16.5. The first-order chi connectivity index (χ1) is 6.72. The fraction of sp³-hybridized carbons (Fsp3) is 0.545. The van der Waals surface area contributed by atoms with Crippen LogP contribution in [0.4, 0.5) is 0 Å². The van der Waals surface area contributed by atoms with E-state index in [-0.39, 0.29) is 5.91 Å². The van der Waals surface area contributed by atoms with Gasteiger partial charge in [-0.1, -0.05) is 6.08 Å². The Balaban J connectivity index is 2.40. The van der Waals surface area contributed by atoms with Crippen molar-refractivity contribution in [2.24, 2.45) is 5.92 Å². The van der Waals surface area contributed by atoms with Crippen molar-refractivity contribution in [3.63, 3.8) is 0 Å². The molecule has 3 heteroatoms. The van der Waals surface area contributed by atoms with Crippen LogP contribution in [0, 0.1) is 5.92 Å². The van der Waals surface area contributed by atoms with Crippen molar-refractivity contribution in [1.82, 2.24) is 5.32 Å². The maximum absolute atomic E-state index is 10.7. The zero-order valence-electron chi connectivity index (χ0n) is 8.75. The topological polar surface area (TPSA) is 38.3 Å². The van der Waals surface area contributed by atoms with Crippen molar-refractivity contribution < 1.29 is 9.53 Å². The first-order valence-corrected chi connectivity index (χ1v) is 4.98. The van der Waals surface area contributed by atoms with Crippen LogP contribution in [0.25, 0.3) is 0 Å². The Morgan fingerprint density at radius 2 is 2.50 bits per heavy atom. The lowest BCUT2D eigenvalue weighted by atomic mass is 10.00. The normalized spacial score (nSPS) is 20.1. The molecule has 0 radical (unpaired) electrons. The maximum atomic E-state index is 10.7. The van der Waals surface area contributed by atoms with Gasteiger partial charge in [-0.25, -0.2) is 0 Å². The molecule has 0 aliphatic heterocycles. The minimum Gasteiger partial charge on any atom is -0.494 e. The first-order valence-electron chi connectivity index (χ1n) is 4.98. The van der Waals surface area contributed by atoms with Gasteiger partial charge >= 0.3 is 0 Å². The summed E-state index contributed by atoms with van der Waals surface area (Å²) in [5, 5.41) is 2.80. The van der Waals surface area contributed by atoms with Crippen molar-refractivity contribution in [2.45, 2.75) is 20.3 Å². The van der Waals surface area contributed by atoms with Crippen molar-refractivity contribution in [3.8, 4) is 0 Å². The summed E-state index contributed by atoms with van der Waals surface area (Å²) >= 11 is 0. The van der Waals surface area contributed by atoms with E-state index in [1.165, 1.54) is 6.92 Å². The standard InChI is InChI=1S/C11H17NO2/c1-3-14-11-6-4-5-10(7-11)8-12-9(2)13/h4,6-7,10H,3,5,8H2,1-2H3,(H,12,13). The van der Waals surface area contributed by atoms with Gasteiger partial charge in [-0.05, 0) is 25.5 Å². The zero-order valence-corrected chi connectivity index (χ0v) is 8.75. The smallest absolute Gasteiger partial charge is 0.216 e. The number of carbonyl (C=O) groups excluding carboxylic acids is 1. The maximum Gasteiger partial charge on any atom is 0.216 e. The summed E-state index contributed by atoms with van der Waals surface area (Å²) in [4.78, 5) is 10.7. The molecular weight excluding hydrogens is 178 g/mol. The van der Waals surface area contributed by atoms with Crippen molar-refractivity contribution >= 4 is 5.91 Å². The number of hydrogen-bond donors (Lipinski definition) is 1. The lowest BCUT2D eigenvalue weighted by molar-refractivity contribution is -0.119. The highest BCUT2D eigenvalue weighted by molar-refractivity contribution is 5.72.